The van der Waals surface area contributed by atoms with E-state index in [4.69, 9.17) is 9.47 Å². The van der Waals surface area contributed by atoms with Gasteiger partial charge in [0.25, 0.3) is 0 Å². The van der Waals surface area contributed by atoms with Gasteiger partial charge in [-0.3, -0.25) is 14.7 Å². The van der Waals surface area contributed by atoms with Crippen molar-refractivity contribution in [3.63, 3.8) is 0 Å². The van der Waals surface area contributed by atoms with Crippen LogP contribution < -0.4 is 19.3 Å². The third-order valence-electron chi connectivity index (χ3n) is 7.65. The number of hydrogen-bond acceptors (Lipinski definition) is 9. The van der Waals surface area contributed by atoms with Crippen LogP contribution in [0.4, 0.5) is 16.2 Å². The fraction of sp³-hybridized carbons (Fsp3) is 0.500. The number of pyridine rings is 1. The van der Waals surface area contributed by atoms with Crippen LogP contribution in [-0.4, -0.2) is 102 Å². The van der Waals surface area contributed by atoms with E-state index in [0.29, 0.717) is 93.6 Å². The molecule has 40 heavy (non-hydrogen) atoms. The molecule has 212 valence electrons. The number of ether oxygens (including phenoxy) is 2. The summed E-state index contributed by atoms with van der Waals surface area (Å²) in [7, 11) is 0. The molecule has 1 aromatic carbocycles. The van der Waals surface area contributed by atoms with Gasteiger partial charge in [-0.1, -0.05) is 0 Å². The lowest BCUT2D eigenvalue weighted by atomic mass is 10.0. The first-order valence-electron chi connectivity index (χ1n) is 13.6. The number of fused-ring (bicyclic) bond motifs is 2. The number of aliphatic hydroxyl groups excluding tert-OH is 1. The lowest BCUT2D eigenvalue weighted by molar-refractivity contribution is -0.117. The first-order valence-corrected chi connectivity index (χ1v) is 13.6. The standard InChI is InChI=1S/C28H34N6O6/c29-16-20-2-3-23-24(14-20)33(27(36)19-32(23)6-1-11-35)10-9-31-7-4-22(5-8-31)34(28(37)38)18-21-15-25-26(17-30-21)40-13-12-39-25/h2-3,14-15,17,22,35H,1,4-13,18-19H2,(H,37,38). The molecule has 1 fully saturated rings. The topological polar surface area (TPSA) is 143 Å². The summed E-state index contributed by atoms with van der Waals surface area (Å²) in [6.07, 6.45) is 2.51. The van der Waals surface area contributed by atoms with Crippen molar-refractivity contribution in [1.82, 2.24) is 14.8 Å². The molecule has 0 spiro atoms. The summed E-state index contributed by atoms with van der Waals surface area (Å²) in [5.74, 6) is 1.12. The first kappa shape index (κ1) is 27.5. The summed E-state index contributed by atoms with van der Waals surface area (Å²) in [5, 5.41) is 28.6. The van der Waals surface area contributed by atoms with Crippen LogP contribution in [0.25, 0.3) is 0 Å². The van der Waals surface area contributed by atoms with E-state index in [1.54, 1.807) is 29.3 Å². The molecule has 1 saturated heterocycles. The molecule has 0 saturated carbocycles. The van der Waals surface area contributed by atoms with E-state index in [2.05, 4.69) is 16.0 Å². The molecule has 2 amide bonds. The van der Waals surface area contributed by atoms with E-state index in [9.17, 15) is 25.1 Å². The van der Waals surface area contributed by atoms with Crippen LogP contribution in [0.2, 0.25) is 0 Å². The number of hydrogen-bond donors (Lipinski definition) is 2. The number of likely N-dealkylation sites (tertiary alicyclic amines) is 1. The van der Waals surface area contributed by atoms with Crippen molar-refractivity contribution < 1.29 is 29.3 Å². The van der Waals surface area contributed by atoms with Crippen molar-refractivity contribution in [3.05, 3.63) is 41.7 Å². The highest BCUT2D eigenvalue weighted by molar-refractivity contribution is 6.03. The monoisotopic (exact) mass is 550 g/mol. The average molecular weight is 551 g/mol. The second kappa shape index (κ2) is 12.4. The third-order valence-corrected chi connectivity index (χ3v) is 7.65. The van der Waals surface area contributed by atoms with Gasteiger partial charge < -0.3 is 34.4 Å². The van der Waals surface area contributed by atoms with E-state index in [1.807, 2.05) is 11.0 Å². The van der Waals surface area contributed by atoms with Gasteiger partial charge in [0.05, 0.1) is 48.0 Å². The zero-order chi connectivity index (χ0) is 28.1. The van der Waals surface area contributed by atoms with Gasteiger partial charge in [-0.05, 0) is 37.5 Å². The summed E-state index contributed by atoms with van der Waals surface area (Å²) < 4.78 is 11.1. The average Bonchev–Trinajstić information content (AvgIpc) is 2.98. The van der Waals surface area contributed by atoms with Crippen LogP contribution in [0.1, 0.15) is 30.5 Å². The highest BCUT2D eigenvalue weighted by atomic mass is 16.6. The van der Waals surface area contributed by atoms with Gasteiger partial charge in [-0.15, -0.1) is 0 Å². The number of carbonyl (C=O) groups excluding carboxylic acids is 1. The molecule has 1 aromatic heterocycles. The van der Waals surface area contributed by atoms with Gasteiger partial charge in [0.15, 0.2) is 11.5 Å². The number of anilines is 2. The number of piperidine rings is 1. The van der Waals surface area contributed by atoms with Crippen molar-refractivity contribution >= 4 is 23.4 Å². The summed E-state index contributed by atoms with van der Waals surface area (Å²) in [5.41, 5.74) is 2.70. The molecular formula is C28H34N6O6. The van der Waals surface area contributed by atoms with Crippen LogP contribution >= 0.6 is 0 Å². The molecule has 2 N–H and O–H groups in total. The van der Waals surface area contributed by atoms with E-state index in [1.165, 1.54) is 4.90 Å². The van der Waals surface area contributed by atoms with Crippen molar-refractivity contribution in [3.8, 4) is 17.6 Å². The number of benzene rings is 1. The third kappa shape index (κ3) is 6.05. The molecule has 5 rings (SSSR count). The Balaban J connectivity index is 1.19. The van der Waals surface area contributed by atoms with Gasteiger partial charge in [0.2, 0.25) is 5.91 Å². The van der Waals surface area contributed by atoms with Crippen molar-refractivity contribution in [1.29, 1.82) is 5.26 Å². The second-order valence-electron chi connectivity index (χ2n) is 10.2. The number of carboxylic acid groups (broad SMARTS) is 1. The molecule has 0 aliphatic carbocycles. The van der Waals surface area contributed by atoms with Gasteiger partial charge >= 0.3 is 6.09 Å². The summed E-state index contributed by atoms with van der Waals surface area (Å²) in [6, 6.07) is 9.13. The predicted molar refractivity (Wildman–Crippen MR) is 146 cm³/mol. The quantitative estimate of drug-likeness (QED) is 0.475. The van der Waals surface area contributed by atoms with E-state index in [-0.39, 0.29) is 31.6 Å². The fourth-order valence-electron chi connectivity index (χ4n) is 5.55. The molecule has 0 radical (unpaired) electrons. The minimum Gasteiger partial charge on any atom is -0.486 e. The maximum atomic E-state index is 13.1. The minimum atomic E-state index is -0.982. The van der Waals surface area contributed by atoms with Crippen LogP contribution in [0.3, 0.4) is 0 Å². The molecule has 3 aliphatic heterocycles. The number of aliphatic hydroxyl groups is 1. The molecule has 12 nitrogen and oxygen atoms in total. The van der Waals surface area contributed by atoms with Gasteiger partial charge in [0.1, 0.15) is 13.2 Å². The highest BCUT2D eigenvalue weighted by Crippen LogP contribution is 2.35. The van der Waals surface area contributed by atoms with Crippen molar-refractivity contribution in [2.45, 2.75) is 31.8 Å². The molecule has 0 bridgehead atoms. The van der Waals surface area contributed by atoms with Crippen LogP contribution in [0.5, 0.6) is 11.5 Å². The number of carbonyl (C=O) groups is 2. The van der Waals surface area contributed by atoms with Crippen LogP contribution in [-0.2, 0) is 11.3 Å². The van der Waals surface area contributed by atoms with Crippen LogP contribution in [0.15, 0.2) is 30.5 Å². The zero-order valence-electron chi connectivity index (χ0n) is 22.4. The lowest BCUT2D eigenvalue weighted by Gasteiger charge is -2.40. The van der Waals surface area contributed by atoms with Crippen molar-refractivity contribution in [2.24, 2.45) is 0 Å². The number of amides is 2. The van der Waals surface area contributed by atoms with E-state index in [0.717, 1.165) is 5.69 Å². The fourth-order valence-corrected chi connectivity index (χ4v) is 5.55. The predicted octanol–water partition coefficient (Wildman–Crippen LogP) is 1.90. The smallest absolute Gasteiger partial charge is 0.407 e. The van der Waals surface area contributed by atoms with E-state index >= 15 is 0 Å². The molecule has 0 atom stereocenters. The Hall–Kier alpha value is -4.08. The molecule has 12 heteroatoms. The molecular weight excluding hydrogens is 516 g/mol. The maximum absolute atomic E-state index is 13.1. The number of nitrogens with zero attached hydrogens (tertiary/aromatic N) is 6. The van der Waals surface area contributed by atoms with Gasteiger partial charge in [0, 0.05) is 51.4 Å². The Bertz CT molecular complexity index is 1270. The van der Waals surface area contributed by atoms with E-state index < -0.39 is 6.09 Å². The second-order valence-corrected chi connectivity index (χ2v) is 10.2. The van der Waals surface area contributed by atoms with Crippen molar-refractivity contribution in [2.75, 3.05) is 68.9 Å². The first-order chi connectivity index (χ1) is 19.5. The Morgan fingerprint density at radius 1 is 1.10 bits per heavy atom. The Labute approximate surface area is 232 Å². The Kier molecular flexibility index (Phi) is 8.52. The Morgan fingerprint density at radius 3 is 2.60 bits per heavy atom. The summed E-state index contributed by atoms with van der Waals surface area (Å²) >= 11 is 0. The molecule has 0 unspecified atom stereocenters. The lowest BCUT2D eigenvalue weighted by Crippen LogP contribution is -2.51. The summed E-state index contributed by atoms with van der Waals surface area (Å²) in [6.45, 7) is 4.45. The number of rotatable bonds is 9. The zero-order valence-corrected chi connectivity index (χ0v) is 22.4. The highest BCUT2D eigenvalue weighted by Gasteiger charge is 2.32. The van der Waals surface area contributed by atoms with Crippen LogP contribution in [0, 0.1) is 11.3 Å². The number of nitriles is 1. The minimum absolute atomic E-state index is 0.0422. The molecule has 2 aromatic rings. The Morgan fingerprint density at radius 2 is 1.88 bits per heavy atom. The summed E-state index contributed by atoms with van der Waals surface area (Å²) in [4.78, 5) is 37.0. The van der Waals surface area contributed by atoms with Gasteiger partial charge in [-0.25, -0.2) is 4.79 Å². The largest absolute Gasteiger partial charge is 0.486 e. The maximum Gasteiger partial charge on any atom is 0.407 e. The molecule has 3 aliphatic rings. The van der Waals surface area contributed by atoms with Gasteiger partial charge in [-0.2, -0.15) is 5.26 Å². The molecule has 4 heterocycles. The number of aromatic nitrogens is 1. The normalized spacial score (nSPS) is 17.4. The SMILES string of the molecule is N#Cc1ccc2c(c1)N(CCN1CCC(N(Cc3cc4c(cn3)OCCO4)C(=O)O)CC1)C(=O)CN2CCCO.